The van der Waals surface area contributed by atoms with Gasteiger partial charge in [0, 0.05) is 26.7 Å². The number of ether oxygens (including phenoxy) is 1. The summed E-state index contributed by atoms with van der Waals surface area (Å²) in [4.78, 5) is 38.3. The number of anilines is 1. The number of rotatable bonds is 2. The van der Waals surface area contributed by atoms with Crippen LogP contribution in [0.4, 0.5) is 10.1 Å². The molecule has 1 aliphatic heterocycles. The molecule has 0 fully saturated rings. The Hall–Kier alpha value is -2.75. The SMILES string of the molecule is CCN1C(=O)COc2cc(F)c(-n3c(=O)n(C)c(=S)n(C)c3=O)cc21. The summed E-state index contributed by atoms with van der Waals surface area (Å²) in [6.07, 6.45) is 0. The van der Waals surface area contributed by atoms with Crippen molar-refractivity contribution in [1.82, 2.24) is 13.7 Å². The van der Waals surface area contributed by atoms with Crippen LogP contribution >= 0.6 is 12.2 Å². The van der Waals surface area contributed by atoms with Crippen molar-refractivity contribution >= 4 is 23.8 Å². The van der Waals surface area contributed by atoms with Gasteiger partial charge in [-0.05, 0) is 25.2 Å². The monoisotopic (exact) mass is 366 g/mol. The topological polar surface area (TPSA) is 78.5 Å². The first kappa shape index (κ1) is 17.1. The molecule has 0 aliphatic carbocycles. The van der Waals surface area contributed by atoms with E-state index >= 15 is 0 Å². The highest BCUT2D eigenvalue weighted by Gasteiger charge is 2.27. The molecule has 0 radical (unpaired) electrons. The second-order valence-corrected chi connectivity index (χ2v) is 5.86. The highest BCUT2D eigenvalue weighted by Crippen LogP contribution is 2.35. The van der Waals surface area contributed by atoms with E-state index in [2.05, 4.69) is 0 Å². The van der Waals surface area contributed by atoms with Crippen molar-refractivity contribution in [2.45, 2.75) is 6.92 Å². The number of hydrogen-bond acceptors (Lipinski definition) is 5. The third kappa shape index (κ3) is 2.49. The zero-order chi connectivity index (χ0) is 18.5. The predicted molar refractivity (Wildman–Crippen MR) is 90.6 cm³/mol. The number of benzene rings is 1. The second kappa shape index (κ2) is 5.96. The molecule has 0 atom stereocenters. The molecule has 0 bridgehead atoms. The van der Waals surface area contributed by atoms with Crippen LogP contribution in [-0.4, -0.2) is 32.8 Å². The van der Waals surface area contributed by atoms with E-state index in [0.29, 0.717) is 16.8 Å². The maximum absolute atomic E-state index is 14.6. The molecule has 10 heteroatoms. The van der Waals surface area contributed by atoms with Crippen LogP contribution in [0.2, 0.25) is 0 Å². The summed E-state index contributed by atoms with van der Waals surface area (Å²) in [6, 6.07) is 2.32. The predicted octanol–water partition coefficient (Wildman–Crippen LogP) is 0.489. The van der Waals surface area contributed by atoms with Crippen LogP contribution < -0.4 is 21.0 Å². The van der Waals surface area contributed by atoms with Crippen molar-refractivity contribution in [2.75, 3.05) is 18.1 Å². The summed E-state index contributed by atoms with van der Waals surface area (Å²) in [7, 11) is 2.78. The highest BCUT2D eigenvalue weighted by atomic mass is 32.1. The molecule has 1 aromatic carbocycles. The van der Waals surface area contributed by atoms with Crippen molar-refractivity contribution in [3.05, 3.63) is 43.7 Å². The summed E-state index contributed by atoms with van der Waals surface area (Å²) in [5.41, 5.74) is -1.53. The largest absolute Gasteiger partial charge is 0.481 e. The zero-order valence-electron chi connectivity index (χ0n) is 13.8. The van der Waals surface area contributed by atoms with Crippen LogP contribution in [0.25, 0.3) is 5.69 Å². The van der Waals surface area contributed by atoms with Crippen molar-refractivity contribution in [3.63, 3.8) is 0 Å². The first-order chi connectivity index (χ1) is 11.8. The van der Waals surface area contributed by atoms with Crippen LogP contribution in [0.1, 0.15) is 6.92 Å². The molecule has 0 saturated carbocycles. The van der Waals surface area contributed by atoms with Gasteiger partial charge in [0.1, 0.15) is 5.75 Å². The Morgan fingerprint density at radius 2 is 1.72 bits per heavy atom. The number of carbonyl (C=O) groups is 1. The van der Waals surface area contributed by atoms with Gasteiger partial charge in [-0.1, -0.05) is 0 Å². The normalized spacial score (nSPS) is 13.6. The minimum absolute atomic E-state index is 0.0123. The lowest BCUT2D eigenvalue weighted by Gasteiger charge is -2.29. The molecule has 8 nitrogen and oxygen atoms in total. The van der Waals surface area contributed by atoms with E-state index < -0.39 is 17.2 Å². The van der Waals surface area contributed by atoms with E-state index in [9.17, 15) is 18.8 Å². The number of aromatic nitrogens is 3. The third-order valence-corrected chi connectivity index (χ3v) is 4.61. The second-order valence-electron chi connectivity index (χ2n) is 5.50. The molecular weight excluding hydrogens is 351 g/mol. The number of amides is 1. The van der Waals surface area contributed by atoms with Gasteiger partial charge < -0.3 is 9.64 Å². The van der Waals surface area contributed by atoms with Crippen LogP contribution in [0.5, 0.6) is 5.75 Å². The Balaban J connectivity index is 2.37. The fourth-order valence-corrected chi connectivity index (χ4v) is 2.86. The fourth-order valence-electron chi connectivity index (χ4n) is 2.71. The molecule has 3 rings (SSSR count). The van der Waals surface area contributed by atoms with Crippen LogP contribution in [0, 0.1) is 10.6 Å². The lowest BCUT2D eigenvalue weighted by atomic mass is 10.2. The molecule has 0 N–H and O–H groups in total. The minimum atomic E-state index is -0.819. The number of hydrogen-bond donors (Lipinski definition) is 0. The van der Waals surface area contributed by atoms with E-state index in [0.717, 1.165) is 15.2 Å². The maximum Gasteiger partial charge on any atom is 0.338 e. The molecule has 1 amide bonds. The van der Waals surface area contributed by atoms with Crippen molar-refractivity contribution in [1.29, 1.82) is 0 Å². The van der Waals surface area contributed by atoms with E-state index in [1.807, 2.05) is 0 Å². The number of likely N-dealkylation sites (N-methyl/N-ethyl adjacent to an activating group) is 1. The molecular formula is C15H15FN4O4S. The van der Waals surface area contributed by atoms with Crippen molar-refractivity contribution in [2.24, 2.45) is 14.1 Å². The molecule has 0 spiro atoms. The van der Waals surface area contributed by atoms with Gasteiger partial charge in [0.15, 0.2) is 17.2 Å². The first-order valence-electron chi connectivity index (χ1n) is 7.44. The molecule has 25 heavy (non-hydrogen) atoms. The number of fused-ring (bicyclic) bond motifs is 1. The molecule has 1 aliphatic rings. The van der Waals surface area contributed by atoms with Gasteiger partial charge in [-0.3, -0.25) is 13.9 Å². The third-order valence-electron chi connectivity index (χ3n) is 4.06. The summed E-state index contributed by atoms with van der Waals surface area (Å²) < 4.78 is 22.7. The van der Waals surface area contributed by atoms with Gasteiger partial charge in [-0.25, -0.2) is 18.5 Å². The van der Waals surface area contributed by atoms with Gasteiger partial charge in [-0.2, -0.15) is 0 Å². The summed E-state index contributed by atoms with van der Waals surface area (Å²) in [6.45, 7) is 1.90. The molecule has 2 heterocycles. The van der Waals surface area contributed by atoms with E-state index in [4.69, 9.17) is 17.0 Å². The Morgan fingerprint density at radius 1 is 1.12 bits per heavy atom. The van der Waals surface area contributed by atoms with Gasteiger partial charge >= 0.3 is 11.4 Å². The average Bonchev–Trinajstić information content (AvgIpc) is 2.59. The van der Waals surface area contributed by atoms with Crippen LogP contribution in [0.3, 0.4) is 0 Å². The number of halogens is 1. The van der Waals surface area contributed by atoms with E-state index in [-0.39, 0.29) is 28.7 Å². The number of carbonyl (C=O) groups excluding carboxylic acids is 1. The Morgan fingerprint density at radius 3 is 2.28 bits per heavy atom. The lowest BCUT2D eigenvalue weighted by molar-refractivity contribution is -0.121. The van der Waals surface area contributed by atoms with Gasteiger partial charge in [-0.15, -0.1) is 0 Å². The summed E-state index contributed by atoms with van der Waals surface area (Å²) in [5, 5.41) is 0. The molecule has 1 aromatic heterocycles. The first-order valence-corrected chi connectivity index (χ1v) is 7.85. The average molecular weight is 366 g/mol. The molecule has 0 saturated heterocycles. The fraction of sp³-hybridized carbons (Fsp3) is 0.333. The van der Waals surface area contributed by atoms with Crippen molar-refractivity contribution in [3.8, 4) is 11.4 Å². The van der Waals surface area contributed by atoms with E-state index in [1.165, 1.54) is 25.1 Å². The zero-order valence-corrected chi connectivity index (χ0v) is 14.6. The van der Waals surface area contributed by atoms with Crippen LogP contribution in [-0.2, 0) is 18.9 Å². The summed E-state index contributed by atoms with van der Waals surface area (Å²) in [5.74, 6) is -0.934. The minimum Gasteiger partial charge on any atom is -0.481 e. The van der Waals surface area contributed by atoms with Gasteiger partial charge in [0.05, 0.1) is 11.4 Å². The van der Waals surface area contributed by atoms with Gasteiger partial charge in [0.2, 0.25) is 0 Å². The highest BCUT2D eigenvalue weighted by molar-refractivity contribution is 7.71. The Kier molecular flexibility index (Phi) is 4.07. The molecule has 2 aromatic rings. The smallest absolute Gasteiger partial charge is 0.338 e. The maximum atomic E-state index is 14.6. The number of nitrogens with zero attached hydrogens (tertiary/aromatic N) is 4. The standard InChI is InChI=1S/C15H15FN4O4S/c1-4-19-10-6-9(8(16)5-11(10)24-7-12(19)21)20-13(22)17(2)15(25)18(3)14(20)23/h5-6H,4,7H2,1-3H3. The quantitative estimate of drug-likeness (QED) is 0.723. The lowest BCUT2D eigenvalue weighted by Crippen LogP contribution is -2.44. The van der Waals surface area contributed by atoms with Crippen molar-refractivity contribution < 1.29 is 13.9 Å². The van der Waals surface area contributed by atoms with Gasteiger partial charge in [0.25, 0.3) is 5.91 Å². The van der Waals surface area contributed by atoms with Crippen LogP contribution in [0.15, 0.2) is 21.7 Å². The molecule has 132 valence electrons. The van der Waals surface area contributed by atoms with E-state index in [1.54, 1.807) is 6.92 Å². The Bertz CT molecular complexity index is 1030. The summed E-state index contributed by atoms with van der Waals surface area (Å²) >= 11 is 5.01. The molecule has 0 unspecified atom stereocenters. The Labute approximate surface area is 146 Å².